The van der Waals surface area contributed by atoms with Crippen molar-refractivity contribution < 1.29 is 33.8 Å². The lowest BCUT2D eigenvalue weighted by Crippen LogP contribution is -2.75. The van der Waals surface area contributed by atoms with E-state index in [2.05, 4.69) is 13.2 Å². The quantitative estimate of drug-likeness (QED) is 0.397. The first-order valence-electron chi connectivity index (χ1n) is 12.0. The van der Waals surface area contributed by atoms with Crippen molar-refractivity contribution in [3.05, 3.63) is 54.6 Å². The van der Waals surface area contributed by atoms with E-state index >= 15 is 0 Å². The van der Waals surface area contributed by atoms with E-state index in [0.29, 0.717) is 12.2 Å². The zero-order valence-electron chi connectivity index (χ0n) is 20.5. The number of Topliss-reactive ketones (excluding diaryl/α,β-unsaturated/α-hetero) is 3. The van der Waals surface area contributed by atoms with Crippen LogP contribution >= 0.6 is 0 Å². The second-order valence-electron chi connectivity index (χ2n) is 9.95. The van der Waals surface area contributed by atoms with Gasteiger partial charge in [-0.1, -0.05) is 30.9 Å². The molecule has 36 heavy (non-hydrogen) atoms. The fraction of sp³-hybridized carbons (Fsp3) is 0.481. The van der Waals surface area contributed by atoms with Gasteiger partial charge in [0, 0.05) is 12.0 Å². The number of benzene rings is 1. The van der Waals surface area contributed by atoms with Crippen LogP contribution in [0, 0.1) is 23.7 Å². The first-order valence-corrected chi connectivity index (χ1v) is 12.0. The number of hydrogen-bond donors (Lipinski definition) is 2. The Balaban J connectivity index is 1.82. The van der Waals surface area contributed by atoms with Crippen molar-refractivity contribution in [3.63, 3.8) is 0 Å². The van der Waals surface area contributed by atoms with Gasteiger partial charge in [-0.15, -0.1) is 6.58 Å². The summed E-state index contributed by atoms with van der Waals surface area (Å²) >= 11 is 0. The summed E-state index contributed by atoms with van der Waals surface area (Å²) in [5.41, 5.74) is 4.08. The summed E-state index contributed by atoms with van der Waals surface area (Å²) in [5, 5.41) is 11.8. The van der Waals surface area contributed by atoms with Crippen molar-refractivity contribution >= 4 is 23.3 Å². The number of likely N-dealkylation sites (N-methyl/N-ethyl adjacent to an activating group) is 1. The van der Waals surface area contributed by atoms with Crippen LogP contribution in [0.2, 0.25) is 0 Å². The highest BCUT2D eigenvalue weighted by atomic mass is 16.5. The Labute approximate surface area is 209 Å². The molecule has 1 amide bonds. The maximum absolute atomic E-state index is 14.0. The predicted octanol–water partition coefficient (Wildman–Crippen LogP) is 0.728. The van der Waals surface area contributed by atoms with Crippen molar-refractivity contribution in [2.45, 2.75) is 30.6 Å². The van der Waals surface area contributed by atoms with E-state index in [1.807, 2.05) is 6.07 Å². The van der Waals surface area contributed by atoms with Crippen molar-refractivity contribution in [3.8, 4) is 5.75 Å². The summed E-state index contributed by atoms with van der Waals surface area (Å²) in [6, 6.07) is 4.57. The maximum atomic E-state index is 14.0. The molecule has 0 aromatic heterocycles. The van der Waals surface area contributed by atoms with E-state index < -0.39 is 64.7 Å². The first kappa shape index (κ1) is 25.9. The highest BCUT2D eigenvalue weighted by Gasteiger charge is 2.69. The van der Waals surface area contributed by atoms with Gasteiger partial charge in [-0.3, -0.25) is 19.2 Å². The van der Waals surface area contributed by atoms with Gasteiger partial charge in [0.2, 0.25) is 5.91 Å². The van der Waals surface area contributed by atoms with Gasteiger partial charge >= 0.3 is 0 Å². The summed E-state index contributed by atoms with van der Waals surface area (Å²) < 4.78 is 11.5. The first-order chi connectivity index (χ1) is 17.1. The number of fused-ring (bicyclic) bond motifs is 3. The molecule has 7 atom stereocenters. The zero-order chi connectivity index (χ0) is 26.4. The van der Waals surface area contributed by atoms with Crippen LogP contribution in [-0.4, -0.2) is 78.3 Å². The van der Waals surface area contributed by atoms with Crippen LogP contribution in [0.4, 0.5) is 0 Å². The molecule has 0 radical (unpaired) electrons. The molecule has 192 valence electrons. The van der Waals surface area contributed by atoms with Gasteiger partial charge in [-0.25, -0.2) is 0 Å². The van der Waals surface area contributed by atoms with Crippen molar-refractivity contribution in [2.24, 2.45) is 29.4 Å². The van der Waals surface area contributed by atoms with E-state index in [0.717, 1.165) is 5.56 Å². The fourth-order valence-corrected chi connectivity index (χ4v) is 6.36. The summed E-state index contributed by atoms with van der Waals surface area (Å²) in [6.07, 6.45) is 2.67. The number of nitrogens with zero attached hydrogens (tertiary/aromatic N) is 1. The van der Waals surface area contributed by atoms with Crippen molar-refractivity contribution in [1.29, 1.82) is 0 Å². The minimum absolute atomic E-state index is 0.0521. The molecule has 2 saturated carbocycles. The monoisotopic (exact) mass is 496 g/mol. The fourth-order valence-electron chi connectivity index (χ4n) is 6.36. The van der Waals surface area contributed by atoms with Crippen LogP contribution in [0.25, 0.3) is 0 Å². The van der Waals surface area contributed by atoms with Gasteiger partial charge in [0.05, 0.1) is 24.2 Å². The summed E-state index contributed by atoms with van der Waals surface area (Å²) in [4.78, 5) is 55.5. The summed E-state index contributed by atoms with van der Waals surface area (Å²) in [7, 11) is 3.45. The van der Waals surface area contributed by atoms with Gasteiger partial charge in [-0.2, -0.15) is 0 Å². The molecule has 9 heteroatoms. The second-order valence-corrected chi connectivity index (χ2v) is 9.95. The molecule has 0 aliphatic heterocycles. The molecular formula is C27H32N2O7. The lowest BCUT2D eigenvalue weighted by molar-refractivity contribution is -0.194. The third-order valence-corrected chi connectivity index (χ3v) is 7.75. The number of aliphatic hydroxyl groups is 1. The third-order valence-electron chi connectivity index (χ3n) is 7.75. The Morgan fingerprint density at radius 2 is 1.89 bits per heavy atom. The number of carbonyl (C=O) groups excluding carboxylic acids is 4. The number of hydrogen-bond acceptors (Lipinski definition) is 8. The number of ketones is 3. The Kier molecular flexibility index (Phi) is 7.01. The van der Waals surface area contributed by atoms with Gasteiger partial charge in [0.15, 0.2) is 23.0 Å². The molecule has 3 N–H and O–H groups in total. The molecule has 2 fully saturated rings. The van der Waals surface area contributed by atoms with Crippen LogP contribution < -0.4 is 10.5 Å². The van der Waals surface area contributed by atoms with E-state index in [1.165, 1.54) is 6.08 Å². The van der Waals surface area contributed by atoms with E-state index in [4.69, 9.17) is 15.2 Å². The number of amides is 1. The largest absolute Gasteiger partial charge is 0.489 e. The van der Waals surface area contributed by atoms with Crippen LogP contribution in [-0.2, 0) is 25.5 Å². The molecule has 9 nitrogen and oxygen atoms in total. The topological polar surface area (TPSA) is 136 Å². The van der Waals surface area contributed by atoms with Crippen molar-refractivity contribution in [1.82, 2.24) is 4.90 Å². The standard InChI is InChI=1S/C27H32N2O7/c1-5-10-35-17-9-7-8-14-12-15-13-16-21(29(3)4)23(36-11-6-2)20(26(28)33)25(32)27(16,34)24(31)19(15)22(30)18(14)17/h5-9,15-16,19-21,23,34H,1-2,10-13H2,3-4H3,(H2,28,33)/t15-,16-,19?,20?,21-,23?,27-/m0/s1. The number of primary amides is 1. The average Bonchev–Trinajstić information content (AvgIpc) is 2.82. The molecule has 3 aliphatic carbocycles. The lowest BCUT2D eigenvalue weighted by Gasteiger charge is -2.55. The van der Waals surface area contributed by atoms with Crippen molar-refractivity contribution in [2.75, 3.05) is 27.3 Å². The second kappa shape index (κ2) is 9.72. The Morgan fingerprint density at radius 3 is 2.50 bits per heavy atom. The van der Waals surface area contributed by atoms with Gasteiger partial charge in [0.1, 0.15) is 18.3 Å². The Hall–Kier alpha value is -3.14. The smallest absolute Gasteiger partial charge is 0.230 e. The zero-order valence-corrected chi connectivity index (χ0v) is 20.5. The maximum Gasteiger partial charge on any atom is 0.230 e. The van der Waals surface area contributed by atoms with Gasteiger partial charge in [-0.05, 0) is 44.5 Å². The molecule has 1 aromatic rings. The van der Waals surface area contributed by atoms with E-state index in [1.54, 1.807) is 37.2 Å². The Morgan fingerprint density at radius 1 is 1.19 bits per heavy atom. The third kappa shape index (κ3) is 3.82. The molecule has 0 spiro atoms. The normalized spacial score (nSPS) is 33.4. The average molecular weight is 497 g/mol. The van der Waals surface area contributed by atoms with Crippen LogP contribution in [0.3, 0.4) is 0 Å². The number of carbonyl (C=O) groups is 4. The minimum Gasteiger partial charge on any atom is -0.489 e. The van der Waals surface area contributed by atoms with Crippen LogP contribution in [0.5, 0.6) is 5.75 Å². The van der Waals surface area contributed by atoms with Crippen LogP contribution in [0.15, 0.2) is 43.5 Å². The molecule has 1 aromatic carbocycles. The van der Waals surface area contributed by atoms with Crippen LogP contribution in [0.1, 0.15) is 22.3 Å². The van der Waals surface area contributed by atoms with Gasteiger partial charge in [0.25, 0.3) is 0 Å². The van der Waals surface area contributed by atoms with E-state index in [-0.39, 0.29) is 25.2 Å². The SMILES string of the molecule is C=CCOc1cccc2c1C(=O)C1C(=O)[C@]3(O)C(=O)C(C(N)=O)C(OCC=C)[C@@H](N(C)C)[C@@H]3C[C@@H]1C2. The molecular weight excluding hydrogens is 464 g/mol. The molecule has 3 aliphatic rings. The minimum atomic E-state index is -2.55. The highest BCUT2D eigenvalue weighted by Crippen LogP contribution is 2.51. The predicted molar refractivity (Wildman–Crippen MR) is 130 cm³/mol. The van der Waals surface area contributed by atoms with E-state index in [9.17, 15) is 24.3 Å². The lowest BCUT2D eigenvalue weighted by atomic mass is 9.52. The molecule has 4 rings (SSSR count). The molecule has 0 bridgehead atoms. The highest BCUT2D eigenvalue weighted by molar-refractivity contribution is 6.25. The van der Waals surface area contributed by atoms with Gasteiger partial charge < -0.3 is 25.2 Å². The summed E-state index contributed by atoms with van der Waals surface area (Å²) in [6.45, 7) is 7.47. The molecule has 3 unspecified atom stereocenters. The molecule has 0 heterocycles. The summed E-state index contributed by atoms with van der Waals surface area (Å²) in [5.74, 6) is -7.18. The number of nitrogens with two attached hydrogens (primary N) is 1. The Bertz CT molecular complexity index is 1130. The number of ether oxygens (including phenoxy) is 2. The molecule has 0 saturated heterocycles. The number of rotatable bonds is 8.